The molecular weight excluding hydrogens is 304 g/mol. The lowest BCUT2D eigenvalue weighted by Gasteiger charge is -2.21. The number of carbonyl (C=O) groups excluding carboxylic acids is 3. The normalized spacial score (nSPS) is 13.0. The van der Waals surface area contributed by atoms with Crippen LogP contribution in [0, 0.1) is 0 Å². The maximum absolute atomic E-state index is 12.6. The van der Waals surface area contributed by atoms with Gasteiger partial charge in [-0.15, -0.1) is 0 Å². The van der Waals surface area contributed by atoms with Gasteiger partial charge in [-0.1, -0.05) is 42.5 Å². The highest BCUT2D eigenvalue weighted by atomic mass is 16.2. The van der Waals surface area contributed by atoms with Gasteiger partial charge >= 0.3 is 0 Å². The summed E-state index contributed by atoms with van der Waals surface area (Å²) in [6.45, 7) is 0. The van der Waals surface area contributed by atoms with Crippen molar-refractivity contribution in [2.45, 2.75) is 0 Å². The second-order valence-corrected chi connectivity index (χ2v) is 5.59. The molecule has 5 heteroatoms. The third kappa shape index (κ3) is 1.91. The lowest BCUT2D eigenvalue weighted by Crippen LogP contribution is -2.35. The molecule has 116 valence electrons. The van der Waals surface area contributed by atoms with Crippen molar-refractivity contribution in [3.05, 3.63) is 71.3 Å². The van der Waals surface area contributed by atoms with Gasteiger partial charge in [-0.25, -0.2) is 0 Å². The average Bonchev–Trinajstić information content (AvgIpc) is 2.59. The Labute approximate surface area is 137 Å². The van der Waals surface area contributed by atoms with Crippen molar-refractivity contribution in [2.24, 2.45) is 5.73 Å². The number of hydrogen-bond donors (Lipinski definition) is 2. The summed E-state index contributed by atoms with van der Waals surface area (Å²) in [5.41, 5.74) is 7.68. The van der Waals surface area contributed by atoms with Gasteiger partial charge in [0.15, 0.2) is 0 Å². The van der Waals surface area contributed by atoms with Crippen LogP contribution in [0.1, 0.15) is 31.1 Å². The van der Waals surface area contributed by atoms with Crippen LogP contribution in [0.15, 0.2) is 54.6 Å². The second-order valence-electron chi connectivity index (χ2n) is 5.59. The van der Waals surface area contributed by atoms with Crippen molar-refractivity contribution in [3.63, 3.8) is 0 Å². The minimum Gasteiger partial charge on any atom is -0.366 e. The van der Waals surface area contributed by atoms with Crippen LogP contribution in [0.3, 0.4) is 0 Å². The summed E-state index contributed by atoms with van der Waals surface area (Å²) in [4.78, 5) is 36.7. The lowest BCUT2D eigenvalue weighted by atomic mass is 9.85. The molecule has 3 N–H and O–H groups in total. The van der Waals surface area contributed by atoms with Gasteiger partial charge in [0, 0.05) is 22.1 Å². The van der Waals surface area contributed by atoms with E-state index >= 15 is 0 Å². The quantitative estimate of drug-likeness (QED) is 0.712. The van der Waals surface area contributed by atoms with Gasteiger partial charge in [-0.3, -0.25) is 19.7 Å². The number of primary amides is 1. The van der Waals surface area contributed by atoms with E-state index in [1.165, 1.54) is 0 Å². The van der Waals surface area contributed by atoms with Crippen molar-refractivity contribution in [1.82, 2.24) is 5.32 Å². The molecule has 0 aromatic heterocycles. The lowest BCUT2D eigenvalue weighted by molar-refractivity contribution is 0.0845. The molecule has 5 nitrogen and oxygen atoms in total. The number of imide groups is 1. The van der Waals surface area contributed by atoms with Crippen LogP contribution in [0.4, 0.5) is 0 Å². The van der Waals surface area contributed by atoms with Crippen LogP contribution in [0.25, 0.3) is 21.9 Å². The minimum absolute atomic E-state index is 0.255. The van der Waals surface area contributed by atoms with Gasteiger partial charge in [0.25, 0.3) is 11.8 Å². The maximum atomic E-state index is 12.6. The van der Waals surface area contributed by atoms with E-state index in [4.69, 9.17) is 5.73 Å². The Hall–Kier alpha value is -3.47. The summed E-state index contributed by atoms with van der Waals surface area (Å²) in [7, 11) is 0. The molecule has 3 aromatic rings. The molecule has 3 amide bonds. The molecule has 0 bridgehead atoms. The summed E-state index contributed by atoms with van der Waals surface area (Å²) >= 11 is 0. The number of amides is 3. The monoisotopic (exact) mass is 316 g/mol. The number of hydrogen-bond acceptors (Lipinski definition) is 3. The molecule has 0 fully saturated rings. The summed E-state index contributed by atoms with van der Waals surface area (Å²) in [6, 6.07) is 15.8. The molecule has 0 unspecified atom stereocenters. The van der Waals surface area contributed by atoms with Crippen molar-refractivity contribution in [1.29, 1.82) is 0 Å². The van der Waals surface area contributed by atoms with E-state index < -0.39 is 17.7 Å². The second kappa shape index (κ2) is 5.03. The Morgan fingerprint density at radius 1 is 0.875 bits per heavy atom. The van der Waals surface area contributed by atoms with E-state index in [1.807, 2.05) is 18.2 Å². The standard InChI is InChI=1S/C19H12N2O3/c20-17(22)13-9-11-7-4-8-12-15(11)16(19(24)21-18(12)23)14(13)10-5-2-1-3-6-10/h1-9H,(H2,20,22)(H,21,23,24). The van der Waals surface area contributed by atoms with Crippen molar-refractivity contribution in [2.75, 3.05) is 0 Å². The first kappa shape index (κ1) is 14.1. The van der Waals surface area contributed by atoms with Crippen molar-refractivity contribution in [3.8, 4) is 11.1 Å². The van der Waals surface area contributed by atoms with Crippen molar-refractivity contribution < 1.29 is 14.4 Å². The van der Waals surface area contributed by atoms with E-state index in [9.17, 15) is 14.4 Å². The highest BCUT2D eigenvalue weighted by Gasteiger charge is 2.30. The molecule has 0 saturated carbocycles. The zero-order valence-electron chi connectivity index (χ0n) is 12.5. The van der Waals surface area contributed by atoms with Crippen LogP contribution < -0.4 is 11.1 Å². The number of nitrogens with two attached hydrogens (primary N) is 1. The van der Waals surface area contributed by atoms with Gasteiger partial charge < -0.3 is 5.73 Å². The smallest absolute Gasteiger partial charge is 0.259 e. The first-order chi connectivity index (χ1) is 11.6. The topological polar surface area (TPSA) is 89.3 Å². The molecular formula is C19H12N2O3. The summed E-state index contributed by atoms with van der Waals surface area (Å²) in [6.07, 6.45) is 0. The SMILES string of the molecule is NC(=O)c1cc2cccc3c2c(c1-c1ccccc1)C(=O)NC3=O. The van der Waals surface area contributed by atoms with E-state index in [0.717, 1.165) is 0 Å². The average molecular weight is 316 g/mol. The number of nitrogens with one attached hydrogen (secondary N) is 1. The molecule has 0 atom stereocenters. The molecule has 4 rings (SSSR count). The molecule has 1 heterocycles. The summed E-state index contributed by atoms with van der Waals surface area (Å²) in [5.74, 6) is -1.59. The van der Waals surface area contributed by atoms with Crippen LogP contribution in [0.5, 0.6) is 0 Å². The number of carbonyl (C=O) groups is 3. The predicted octanol–water partition coefficient (Wildman–Crippen LogP) is 2.49. The van der Waals surface area contributed by atoms with Gasteiger partial charge in [-0.05, 0) is 23.1 Å². The largest absolute Gasteiger partial charge is 0.366 e. The predicted molar refractivity (Wildman–Crippen MR) is 89.7 cm³/mol. The fourth-order valence-corrected chi connectivity index (χ4v) is 3.21. The van der Waals surface area contributed by atoms with E-state index in [0.29, 0.717) is 33.0 Å². The van der Waals surface area contributed by atoms with Crippen LogP contribution in [0.2, 0.25) is 0 Å². The van der Waals surface area contributed by atoms with Crippen molar-refractivity contribution >= 4 is 28.5 Å². The molecule has 24 heavy (non-hydrogen) atoms. The fourth-order valence-electron chi connectivity index (χ4n) is 3.21. The van der Waals surface area contributed by atoms with Crippen LogP contribution >= 0.6 is 0 Å². The Bertz CT molecular complexity index is 1040. The molecule has 1 aliphatic heterocycles. The zero-order valence-corrected chi connectivity index (χ0v) is 12.5. The Morgan fingerprint density at radius 3 is 2.33 bits per heavy atom. The summed E-state index contributed by atoms with van der Waals surface area (Å²) in [5, 5.41) is 3.53. The minimum atomic E-state index is -0.623. The molecule has 0 aliphatic carbocycles. The Morgan fingerprint density at radius 2 is 1.62 bits per heavy atom. The fraction of sp³-hybridized carbons (Fsp3) is 0. The van der Waals surface area contributed by atoms with Crippen LogP contribution in [-0.2, 0) is 0 Å². The first-order valence-electron chi connectivity index (χ1n) is 7.38. The third-order valence-electron chi connectivity index (χ3n) is 4.19. The molecule has 0 radical (unpaired) electrons. The van der Waals surface area contributed by atoms with Gasteiger partial charge in [0.1, 0.15) is 0 Å². The highest BCUT2D eigenvalue weighted by Crippen LogP contribution is 2.37. The van der Waals surface area contributed by atoms with Gasteiger partial charge in [-0.2, -0.15) is 0 Å². The van der Waals surface area contributed by atoms with E-state index in [-0.39, 0.29) is 5.56 Å². The molecule has 1 aliphatic rings. The Balaban J connectivity index is 2.24. The Kier molecular flexibility index (Phi) is 2.96. The molecule has 3 aromatic carbocycles. The number of rotatable bonds is 2. The molecule has 0 spiro atoms. The first-order valence-corrected chi connectivity index (χ1v) is 7.38. The maximum Gasteiger partial charge on any atom is 0.259 e. The third-order valence-corrected chi connectivity index (χ3v) is 4.19. The number of benzene rings is 3. The van der Waals surface area contributed by atoms with Gasteiger partial charge in [0.05, 0.1) is 5.56 Å². The van der Waals surface area contributed by atoms with E-state index in [1.54, 1.807) is 36.4 Å². The van der Waals surface area contributed by atoms with E-state index in [2.05, 4.69) is 5.32 Å². The van der Waals surface area contributed by atoms with Crippen LogP contribution in [-0.4, -0.2) is 17.7 Å². The molecule has 0 saturated heterocycles. The van der Waals surface area contributed by atoms with Gasteiger partial charge in [0.2, 0.25) is 5.91 Å². The highest BCUT2D eigenvalue weighted by molar-refractivity contribution is 6.29. The summed E-state index contributed by atoms with van der Waals surface area (Å²) < 4.78 is 0. The zero-order chi connectivity index (χ0) is 16.8.